The van der Waals surface area contributed by atoms with Crippen LogP contribution in [-0.4, -0.2) is 29.1 Å². The Labute approximate surface area is 136 Å². The zero-order valence-electron chi connectivity index (χ0n) is 11.5. The minimum atomic E-state index is -3.35. The van der Waals surface area contributed by atoms with Crippen LogP contribution in [0.25, 0.3) is 0 Å². The van der Waals surface area contributed by atoms with Crippen LogP contribution >= 0.6 is 11.6 Å². The van der Waals surface area contributed by atoms with Crippen LogP contribution in [-0.2, 0) is 9.84 Å². The van der Waals surface area contributed by atoms with Gasteiger partial charge in [-0.1, -0.05) is 0 Å². The van der Waals surface area contributed by atoms with E-state index in [4.69, 9.17) is 11.6 Å². The molecule has 0 radical (unpaired) electrons. The Hall–Kier alpha value is -1.06. The normalized spacial score (nSPS) is 12.4. The molecule has 0 aliphatic rings. The first-order valence-corrected chi connectivity index (χ1v) is 10.1. The Morgan fingerprint density at radius 3 is 2.29 bits per heavy atom. The van der Waals surface area contributed by atoms with Crippen LogP contribution in [0.4, 0.5) is 0 Å². The van der Waals surface area contributed by atoms with Gasteiger partial charge in [0, 0.05) is 0 Å². The van der Waals surface area contributed by atoms with E-state index in [1.54, 1.807) is 24.3 Å². The number of aryl methyl sites for hydroxylation is 1. The van der Waals surface area contributed by atoms with E-state index in [0.29, 0.717) is 4.90 Å². The molecule has 0 heterocycles. The van der Waals surface area contributed by atoms with Gasteiger partial charge in [-0.25, -0.2) is 0 Å². The van der Waals surface area contributed by atoms with Gasteiger partial charge in [0.25, 0.3) is 0 Å². The van der Waals surface area contributed by atoms with Crippen molar-refractivity contribution in [2.45, 2.75) is 11.8 Å². The summed E-state index contributed by atoms with van der Waals surface area (Å²) in [6, 6.07) is 16.7. The van der Waals surface area contributed by atoms with Crippen LogP contribution in [0.2, 0.25) is 0 Å². The van der Waals surface area contributed by atoms with E-state index in [1.807, 2.05) is 37.3 Å². The first-order chi connectivity index (χ1) is 10.0. The van der Waals surface area contributed by atoms with Crippen molar-refractivity contribution < 1.29 is 8.42 Å². The van der Waals surface area contributed by atoms with Crippen molar-refractivity contribution in [1.29, 1.82) is 0 Å². The number of halogens is 1. The zero-order valence-corrected chi connectivity index (χ0v) is 14.8. The summed E-state index contributed by atoms with van der Waals surface area (Å²) < 4.78 is 26.7. The fourth-order valence-corrected chi connectivity index (χ4v) is 6.06. The molecule has 110 valence electrons. The summed E-state index contributed by atoms with van der Waals surface area (Å²) >= 11 is 5.74. The Kier molecular flexibility index (Phi) is 5.65. The van der Waals surface area contributed by atoms with Crippen molar-refractivity contribution in [2.24, 2.45) is 0 Å². The molecule has 0 fully saturated rings. The van der Waals surface area contributed by atoms with E-state index in [9.17, 15) is 8.42 Å². The van der Waals surface area contributed by atoms with Gasteiger partial charge in [0.05, 0.1) is 0 Å². The van der Waals surface area contributed by atoms with E-state index in [0.717, 1.165) is 14.5 Å². The van der Waals surface area contributed by atoms with E-state index in [1.165, 1.54) is 5.54 Å². The fraction of sp³-hybridized carbons (Fsp3) is 0.125. The van der Waals surface area contributed by atoms with Crippen LogP contribution in [0, 0.1) is 6.92 Å². The second-order valence-electron chi connectivity index (χ2n) is 4.56. The van der Waals surface area contributed by atoms with Crippen LogP contribution in [0.3, 0.4) is 0 Å². The molecule has 0 unspecified atom stereocenters. The van der Waals surface area contributed by atoms with Crippen LogP contribution in [0.5, 0.6) is 0 Å². The molecule has 0 aliphatic heterocycles. The van der Waals surface area contributed by atoms with Crippen LogP contribution in [0.15, 0.2) is 69.5 Å². The molecule has 2 rings (SSSR count). The summed E-state index contributed by atoms with van der Waals surface area (Å²) in [6.07, 6.45) is 0. The number of sulfone groups is 1. The predicted octanol–water partition coefficient (Wildman–Crippen LogP) is 2.88. The molecule has 0 saturated heterocycles. The fourth-order valence-electron chi connectivity index (χ4n) is 1.74. The Bertz CT molecular complexity index is 723. The van der Waals surface area contributed by atoms with Crippen molar-refractivity contribution in [3.63, 3.8) is 0 Å². The molecule has 0 N–H and O–H groups in total. The quantitative estimate of drug-likeness (QED) is 0.742. The Morgan fingerprint density at radius 1 is 1.10 bits per heavy atom. The van der Waals surface area contributed by atoms with E-state index in [2.05, 4.69) is 0 Å². The van der Waals surface area contributed by atoms with E-state index < -0.39 is 9.84 Å². The van der Waals surface area contributed by atoms with Crippen LogP contribution < -0.4 is 4.46 Å². The van der Waals surface area contributed by atoms with Gasteiger partial charge in [-0.2, -0.15) is 0 Å². The molecule has 2 aromatic carbocycles. The standard InChI is InChI=1S/C16H15ClO2SSe/c1-13-7-9-14(10-8-13)20(18,19)12-16(11-17)21-15-5-3-2-4-6-15/h2-11H,12H2,1H3/b16-11-. The molecule has 0 aliphatic carbocycles. The summed E-state index contributed by atoms with van der Waals surface area (Å²) in [5.41, 5.74) is 2.44. The van der Waals surface area contributed by atoms with Crippen molar-refractivity contribution in [2.75, 3.05) is 5.75 Å². The Balaban J connectivity index is 2.16. The average molecular weight is 386 g/mol. The summed E-state index contributed by atoms with van der Waals surface area (Å²) in [5.74, 6) is -0.0333. The number of benzene rings is 2. The third kappa shape index (κ3) is 4.72. The van der Waals surface area contributed by atoms with Crippen molar-refractivity contribution >= 4 is 40.9 Å². The topological polar surface area (TPSA) is 34.1 Å². The molecule has 0 atom stereocenters. The second-order valence-corrected chi connectivity index (χ2v) is 9.29. The maximum absolute atomic E-state index is 12.4. The SMILES string of the molecule is Cc1ccc(S(=O)(=O)C/C(=C/Cl)[Se]c2ccccc2)cc1. The summed E-state index contributed by atoms with van der Waals surface area (Å²) in [4.78, 5) is 0.341. The summed E-state index contributed by atoms with van der Waals surface area (Å²) in [7, 11) is -3.35. The van der Waals surface area contributed by atoms with E-state index in [-0.39, 0.29) is 20.7 Å². The predicted molar refractivity (Wildman–Crippen MR) is 89.0 cm³/mol. The van der Waals surface area contributed by atoms with Crippen molar-refractivity contribution in [1.82, 2.24) is 0 Å². The van der Waals surface area contributed by atoms with Gasteiger partial charge < -0.3 is 0 Å². The molecule has 0 spiro atoms. The van der Waals surface area contributed by atoms with Crippen molar-refractivity contribution in [3.05, 3.63) is 70.2 Å². The molecule has 21 heavy (non-hydrogen) atoms. The third-order valence-electron chi connectivity index (χ3n) is 2.83. The van der Waals surface area contributed by atoms with Gasteiger partial charge in [-0.3, -0.25) is 0 Å². The molecule has 0 amide bonds. The molecule has 2 aromatic rings. The van der Waals surface area contributed by atoms with Gasteiger partial charge >= 0.3 is 137 Å². The van der Waals surface area contributed by atoms with Crippen molar-refractivity contribution in [3.8, 4) is 0 Å². The molecule has 2 nitrogen and oxygen atoms in total. The van der Waals surface area contributed by atoms with Crippen LogP contribution in [0.1, 0.15) is 5.56 Å². The maximum atomic E-state index is 12.4. The minimum absolute atomic E-state index is 0.0333. The molecule has 0 aromatic heterocycles. The van der Waals surface area contributed by atoms with Gasteiger partial charge in [-0.15, -0.1) is 0 Å². The van der Waals surface area contributed by atoms with E-state index >= 15 is 0 Å². The van der Waals surface area contributed by atoms with Gasteiger partial charge in [0.1, 0.15) is 0 Å². The summed E-state index contributed by atoms with van der Waals surface area (Å²) in [5, 5.41) is 0. The summed E-state index contributed by atoms with van der Waals surface area (Å²) in [6.45, 7) is 1.93. The first kappa shape index (κ1) is 16.3. The Morgan fingerprint density at radius 2 is 1.71 bits per heavy atom. The second kappa shape index (κ2) is 7.28. The van der Waals surface area contributed by atoms with Gasteiger partial charge in [-0.05, 0) is 0 Å². The monoisotopic (exact) mass is 386 g/mol. The van der Waals surface area contributed by atoms with Gasteiger partial charge in [0.2, 0.25) is 0 Å². The third-order valence-corrected chi connectivity index (χ3v) is 7.64. The molecule has 0 saturated carbocycles. The zero-order chi connectivity index (χ0) is 15.3. The molecule has 0 bridgehead atoms. The van der Waals surface area contributed by atoms with Gasteiger partial charge in [0.15, 0.2) is 0 Å². The number of hydrogen-bond acceptors (Lipinski definition) is 2. The number of hydrogen-bond donors (Lipinski definition) is 0. The first-order valence-electron chi connectivity index (χ1n) is 6.33. The molecular weight excluding hydrogens is 371 g/mol. The molecular formula is C16H15ClO2SSe. The number of rotatable bonds is 5. The average Bonchev–Trinajstić information content (AvgIpc) is 2.48. The molecule has 5 heteroatoms.